The zero-order valence-electron chi connectivity index (χ0n) is 15.8. The van der Waals surface area contributed by atoms with Crippen LogP contribution in [0.5, 0.6) is 0 Å². The van der Waals surface area contributed by atoms with Crippen molar-refractivity contribution in [3.05, 3.63) is 48.0 Å². The Kier molecular flexibility index (Phi) is 5.13. The fraction of sp³-hybridized carbons (Fsp3) is 0.450. The van der Waals surface area contributed by atoms with E-state index in [2.05, 4.69) is 15.3 Å². The molecule has 2 aliphatic heterocycles. The number of hydrogen-bond donors (Lipinski definition) is 1. The van der Waals surface area contributed by atoms with E-state index >= 15 is 0 Å². The number of aromatic nitrogens is 2. The summed E-state index contributed by atoms with van der Waals surface area (Å²) in [6.07, 6.45) is 5.04. The fourth-order valence-corrected chi connectivity index (χ4v) is 3.95. The molecule has 4 rings (SSSR count). The van der Waals surface area contributed by atoms with E-state index in [9.17, 15) is 14.0 Å². The topological polar surface area (TPSA) is 70.5 Å². The molecule has 1 aromatic heterocycles. The van der Waals surface area contributed by atoms with Crippen molar-refractivity contribution in [2.24, 2.45) is 0 Å². The number of carbonyl (C=O) groups excluding carboxylic acids is 2. The minimum Gasteiger partial charge on any atom is -0.342 e. The van der Waals surface area contributed by atoms with Crippen LogP contribution in [0, 0.1) is 5.82 Å². The summed E-state index contributed by atoms with van der Waals surface area (Å²) in [6, 6.07) is 5.65. The zero-order valence-corrected chi connectivity index (χ0v) is 15.8. The number of carbonyl (C=O) groups is 2. The average Bonchev–Trinajstić information content (AvgIpc) is 3.14. The number of amides is 2. The summed E-state index contributed by atoms with van der Waals surface area (Å²) in [5.41, 5.74) is 1.33. The molecule has 3 heterocycles. The van der Waals surface area contributed by atoms with E-state index in [1.807, 2.05) is 6.92 Å². The van der Waals surface area contributed by atoms with Crippen LogP contribution in [-0.4, -0.2) is 63.1 Å². The van der Waals surface area contributed by atoms with Crippen molar-refractivity contribution in [2.45, 2.75) is 38.4 Å². The van der Waals surface area contributed by atoms with E-state index in [1.165, 1.54) is 10.7 Å². The number of halogens is 1. The first kappa shape index (κ1) is 18.6. The third-order valence-electron chi connectivity index (χ3n) is 5.38. The Morgan fingerprint density at radius 1 is 1.25 bits per heavy atom. The highest BCUT2D eigenvalue weighted by Gasteiger charge is 2.42. The van der Waals surface area contributed by atoms with Gasteiger partial charge in [0, 0.05) is 37.9 Å². The molecule has 148 valence electrons. The summed E-state index contributed by atoms with van der Waals surface area (Å²) >= 11 is 0. The van der Waals surface area contributed by atoms with Crippen molar-refractivity contribution in [1.29, 1.82) is 0 Å². The molecule has 2 fully saturated rings. The van der Waals surface area contributed by atoms with Gasteiger partial charge in [0.1, 0.15) is 23.6 Å². The van der Waals surface area contributed by atoms with Gasteiger partial charge in [-0.05, 0) is 18.6 Å². The number of fused-ring (bicyclic) bond motifs is 1. The first-order chi connectivity index (χ1) is 13.6. The Labute approximate surface area is 163 Å². The van der Waals surface area contributed by atoms with Gasteiger partial charge in [-0.3, -0.25) is 14.5 Å². The van der Waals surface area contributed by atoms with Crippen molar-refractivity contribution in [2.75, 3.05) is 19.6 Å². The second-order valence-electron chi connectivity index (χ2n) is 7.38. The van der Waals surface area contributed by atoms with Gasteiger partial charge in [-0.25, -0.2) is 9.07 Å². The number of piperazine rings is 2. The van der Waals surface area contributed by atoms with Crippen molar-refractivity contribution in [1.82, 2.24) is 24.9 Å². The second-order valence-corrected chi connectivity index (χ2v) is 7.38. The number of benzene rings is 1. The summed E-state index contributed by atoms with van der Waals surface area (Å²) < 4.78 is 15.5. The smallest absolute Gasteiger partial charge is 0.245 e. The third kappa shape index (κ3) is 3.52. The number of nitrogens with one attached hydrogen (secondary N) is 1. The molecule has 2 amide bonds. The van der Waals surface area contributed by atoms with Gasteiger partial charge in [0.05, 0.1) is 6.20 Å². The lowest BCUT2D eigenvalue weighted by Gasteiger charge is -2.45. The van der Waals surface area contributed by atoms with E-state index in [4.69, 9.17) is 0 Å². The summed E-state index contributed by atoms with van der Waals surface area (Å²) in [4.78, 5) is 28.9. The number of para-hydroxylation sites is 1. The van der Waals surface area contributed by atoms with Crippen LogP contribution in [-0.2, 0) is 16.1 Å². The summed E-state index contributed by atoms with van der Waals surface area (Å²) in [5.74, 6) is -0.381. The first-order valence-electron chi connectivity index (χ1n) is 9.68. The van der Waals surface area contributed by atoms with Crippen LogP contribution in [0.15, 0.2) is 36.7 Å². The van der Waals surface area contributed by atoms with Crippen LogP contribution in [0.25, 0.3) is 5.69 Å². The molecule has 1 aromatic carbocycles. The van der Waals surface area contributed by atoms with Gasteiger partial charge in [0.15, 0.2) is 0 Å². The Morgan fingerprint density at radius 3 is 2.86 bits per heavy atom. The molecule has 0 saturated carbocycles. The van der Waals surface area contributed by atoms with E-state index in [0.29, 0.717) is 38.3 Å². The lowest BCUT2D eigenvalue weighted by atomic mass is 10.0. The van der Waals surface area contributed by atoms with Crippen LogP contribution in [0.2, 0.25) is 0 Å². The van der Waals surface area contributed by atoms with E-state index < -0.39 is 6.04 Å². The summed E-state index contributed by atoms with van der Waals surface area (Å²) in [5, 5.41) is 7.13. The Bertz CT molecular complexity index is 883. The SMILES string of the molecule is CCC[C@@H]1NC(=O)[C@H]2CN(Cc3cnn(-c4ccccc4F)c3)CCN2C1=O. The normalized spacial score (nSPS) is 22.9. The van der Waals surface area contributed by atoms with Gasteiger partial charge < -0.3 is 10.2 Å². The molecule has 8 heteroatoms. The van der Waals surface area contributed by atoms with Crippen molar-refractivity contribution in [3.63, 3.8) is 0 Å². The van der Waals surface area contributed by atoms with Crippen LogP contribution >= 0.6 is 0 Å². The van der Waals surface area contributed by atoms with E-state index in [0.717, 1.165) is 12.0 Å². The molecule has 7 nitrogen and oxygen atoms in total. The van der Waals surface area contributed by atoms with Gasteiger partial charge in [0.25, 0.3) is 0 Å². The molecule has 2 aliphatic rings. The monoisotopic (exact) mass is 385 g/mol. The van der Waals surface area contributed by atoms with Gasteiger partial charge in [-0.2, -0.15) is 5.10 Å². The van der Waals surface area contributed by atoms with E-state index in [1.54, 1.807) is 35.5 Å². The van der Waals surface area contributed by atoms with E-state index in [-0.39, 0.29) is 23.7 Å². The third-order valence-corrected chi connectivity index (χ3v) is 5.38. The number of hydrogen-bond acceptors (Lipinski definition) is 4. The molecule has 28 heavy (non-hydrogen) atoms. The molecule has 0 radical (unpaired) electrons. The zero-order chi connectivity index (χ0) is 19.7. The number of rotatable bonds is 5. The predicted molar refractivity (Wildman–Crippen MR) is 101 cm³/mol. The largest absolute Gasteiger partial charge is 0.342 e. The lowest BCUT2D eigenvalue weighted by Crippen LogP contribution is -2.69. The average molecular weight is 385 g/mol. The Morgan fingerprint density at radius 2 is 2.07 bits per heavy atom. The minimum absolute atomic E-state index is 0.0264. The first-order valence-corrected chi connectivity index (χ1v) is 9.68. The highest BCUT2D eigenvalue weighted by molar-refractivity contribution is 5.97. The fourth-order valence-electron chi connectivity index (χ4n) is 3.95. The van der Waals surface area contributed by atoms with Crippen LogP contribution in [0.4, 0.5) is 4.39 Å². The van der Waals surface area contributed by atoms with Crippen LogP contribution < -0.4 is 5.32 Å². The van der Waals surface area contributed by atoms with Crippen LogP contribution in [0.3, 0.4) is 0 Å². The van der Waals surface area contributed by atoms with Gasteiger partial charge in [0.2, 0.25) is 11.8 Å². The van der Waals surface area contributed by atoms with Crippen molar-refractivity contribution < 1.29 is 14.0 Å². The predicted octanol–water partition coefficient (Wildman–Crippen LogP) is 1.32. The molecule has 0 bridgehead atoms. The summed E-state index contributed by atoms with van der Waals surface area (Å²) in [7, 11) is 0. The maximum absolute atomic E-state index is 13.9. The molecular formula is C20H24FN5O2. The molecule has 1 N–H and O–H groups in total. The van der Waals surface area contributed by atoms with Crippen molar-refractivity contribution >= 4 is 11.8 Å². The highest BCUT2D eigenvalue weighted by atomic mass is 19.1. The Balaban J connectivity index is 1.42. The van der Waals surface area contributed by atoms with Gasteiger partial charge in [-0.15, -0.1) is 0 Å². The molecule has 0 aliphatic carbocycles. The molecule has 2 aromatic rings. The minimum atomic E-state index is -0.448. The highest BCUT2D eigenvalue weighted by Crippen LogP contribution is 2.20. The standard InChI is InChI=1S/C20H24FN5O2/c1-2-5-16-20(28)25-9-8-24(13-18(25)19(27)23-16)11-14-10-22-26(12-14)17-7-4-3-6-15(17)21/h3-4,6-7,10,12,16,18H,2,5,8-9,11,13H2,1H3,(H,23,27)/t16-,18+/m0/s1. The molecule has 0 spiro atoms. The molecular weight excluding hydrogens is 361 g/mol. The molecule has 2 saturated heterocycles. The molecule has 0 unspecified atom stereocenters. The maximum Gasteiger partial charge on any atom is 0.245 e. The molecule has 2 atom stereocenters. The number of nitrogens with zero attached hydrogens (tertiary/aromatic N) is 4. The Hall–Kier alpha value is -2.74. The van der Waals surface area contributed by atoms with Gasteiger partial charge in [-0.1, -0.05) is 25.5 Å². The second kappa shape index (κ2) is 7.71. The van der Waals surface area contributed by atoms with Crippen LogP contribution in [0.1, 0.15) is 25.3 Å². The lowest BCUT2D eigenvalue weighted by molar-refractivity contribution is -0.153. The maximum atomic E-state index is 13.9. The summed E-state index contributed by atoms with van der Waals surface area (Å²) in [6.45, 7) is 4.32. The van der Waals surface area contributed by atoms with Gasteiger partial charge >= 0.3 is 0 Å². The quantitative estimate of drug-likeness (QED) is 0.843. The van der Waals surface area contributed by atoms with Crippen molar-refractivity contribution in [3.8, 4) is 5.69 Å².